The Labute approximate surface area is 108 Å². The molecule has 0 spiro atoms. The van der Waals surface area contributed by atoms with Crippen molar-refractivity contribution >= 4 is 11.3 Å². The van der Waals surface area contributed by atoms with Crippen LogP contribution < -0.4 is 10.6 Å². The summed E-state index contributed by atoms with van der Waals surface area (Å²) in [6, 6.07) is 1.12. The zero-order valence-electron chi connectivity index (χ0n) is 10.8. The van der Waals surface area contributed by atoms with Crippen LogP contribution in [0.1, 0.15) is 49.0 Å². The van der Waals surface area contributed by atoms with E-state index < -0.39 is 0 Å². The van der Waals surface area contributed by atoms with E-state index in [0.29, 0.717) is 6.04 Å². The normalized spacial score (nSPS) is 21.9. The average molecular weight is 253 g/mol. The van der Waals surface area contributed by atoms with Crippen LogP contribution in [0.25, 0.3) is 0 Å². The van der Waals surface area contributed by atoms with Crippen LogP contribution >= 0.6 is 11.3 Å². The summed E-state index contributed by atoms with van der Waals surface area (Å²) >= 11 is 1.83. The van der Waals surface area contributed by atoms with Crippen molar-refractivity contribution < 1.29 is 0 Å². The number of nitrogens with zero attached hydrogens (tertiary/aromatic N) is 1. The summed E-state index contributed by atoms with van der Waals surface area (Å²) in [6.45, 7) is 6.67. The van der Waals surface area contributed by atoms with Crippen molar-refractivity contribution in [3.63, 3.8) is 0 Å². The van der Waals surface area contributed by atoms with Gasteiger partial charge in [-0.25, -0.2) is 4.98 Å². The second kappa shape index (κ2) is 6.47. The van der Waals surface area contributed by atoms with Crippen LogP contribution in [-0.4, -0.2) is 24.1 Å². The molecule has 1 aromatic heterocycles. The van der Waals surface area contributed by atoms with E-state index in [2.05, 4.69) is 29.5 Å². The van der Waals surface area contributed by atoms with Crippen LogP contribution in [0, 0.1) is 0 Å². The largest absolute Gasteiger partial charge is 0.314 e. The Hall–Kier alpha value is -0.450. The first-order chi connectivity index (χ1) is 8.29. The first kappa shape index (κ1) is 13.0. The molecule has 0 amide bonds. The van der Waals surface area contributed by atoms with Crippen LogP contribution in [0.15, 0.2) is 6.20 Å². The van der Waals surface area contributed by atoms with Gasteiger partial charge in [0.1, 0.15) is 5.01 Å². The quantitative estimate of drug-likeness (QED) is 0.818. The second-order valence-electron chi connectivity index (χ2n) is 4.78. The minimum absolute atomic E-state index is 0.390. The maximum Gasteiger partial charge on any atom is 0.109 e. The van der Waals surface area contributed by atoms with Crippen LogP contribution in [0.2, 0.25) is 0 Å². The van der Waals surface area contributed by atoms with Crippen molar-refractivity contribution in [3.05, 3.63) is 16.1 Å². The summed E-state index contributed by atoms with van der Waals surface area (Å²) in [5, 5.41) is 8.32. The topological polar surface area (TPSA) is 37.0 Å². The minimum Gasteiger partial charge on any atom is -0.314 e. The van der Waals surface area contributed by atoms with Gasteiger partial charge >= 0.3 is 0 Å². The van der Waals surface area contributed by atoms with Crippen molar-refractivity contribution in [2.45, 2.75) is 51.6 Å². The summed E-state index contributed by atoms with van der Waals surface area (Å²) in [6.07, 6.45) is 7.02. The van der Waals surface area contributed by atoms with Gasteiger partial charge < -0.3 is 10.6 Å². The van der Waals surface area contributed by atoms with E-state index in [1.165, 1.54) is 35.7 Å². The zero-order chi connectivity index (χ0) is 12.1. The highest BCUT2D eigenvalue weighted by Gasteiger charge is 2.14. The van der Waals surface area contributed by atoms with Crippen molar-refractivity contribution in [1.29, 1.82) is 0 Å². The molecular formula is C13H23N3S. The molecule has 4 heteroatoms. The molecule has 1 fully saturated rings. The molecule has 2 rings (SSSR count). The number of aryl methyl sites for hydroxylation is 1. The van der Waals surface area contributed by atoms with Crippen LogP contribution in [0.3, 0.4) is 0 Å². The number of aromatic nitrogens is 1. The molecule has 2 unspecified atom stereocenters. The molecule has 1 saturated heterocycles. The highest BCUT2D eigenvalue weighted by Crippen LogP contribution is 2.20. The van der Waals surface area contributed by atoms with Gasteiger partial charge in [0.05, 0.1) is 6.04 Å². The van der Waals surface area contributed by atoms with Crippen LogP contribution in [0.4, 0.5) is 0 Å². The summed E-state index contributed by atoms with van der Waals surface area (Å²) in [4.78, 5) is 5.86. The van der Waals surface area contributed by atoms with Gasteiger partial charge in [0, 0.05) is 17.1 Å². The Kier molecular flexibility index (Phi) is 4.95. The van der Waals surface area contributed by atoms with Crippen molar-refractivity contribution in [2.24, 2.45) is 0 Å². The molecule has 1 aliphatic rings. The molecule has 3 nitrogen and oxygen atoms in total. The smallest absolute Gasteiger partial charge is 0.109 e. The molecule has 0 radical (unpaired) electrons. The number of rotatable bonds is 6. The molecule has 96 valence electrons. The third kappa shape index (κ3) is 3.76. The van der Waals surface area contributed by atoms with Crippen molar-refractivity contribution in [3.8, 4) is 0 Å². The fourth-order valence-corrected chi connectivity index (χ4v) is 3.13. The molecule has 17 heavy (non-hydrogen) atoms. The van der Waals surface area contributed by atoms with Gasteiger partial charge in [0.25, 0.3) is 0 Å². The number of thiazole rings is 1. The van der Waals surface area contributed by atoms with Crippen molar-refractivity contribution in [2.75, 3.05) is 13.1 Å². The molecule has 0 bridgehead atoms. The van der Waals surface area contributed by atoms with E-state index in [1.54, 1.807) is 0 Å². The average Bonchev–Trinajstić information content (AvgIpc) is 2.99. The lowest BCUT2D eigenvalue weighted by Crippen LogP contribution is -2.28. The maximum atomic E-state index is 4.48. The van der Waals surface area contributed by atoms with E-state index in [9.17, 15) is 0 Å². The summed E-state index contributed by atoms with van der Waals surface area (Å²) in [7, 11) is 0. The Balaban J connectivity index is 1.70. The minimum atomic E-state index is 0.390. The van der Waals surface area contributed by atoms with E-state index >= 15 is 0 Å². The predicted octanol–water partition coefficient (Wildman–Crippen LogP) is 2.50. The molecule has 0 saturated carbocycles. The molecule has 1 aliphatic heterocycles. The Bertz CT molecular complexity index is 331. The standard InChI is InChI=1S/C13H23N3S/c1-3-12-9-16-13(17-12)10(2)14-8-6-11-5-4-7-15-11/h9-11,14-15H,3-8H2,1-2H3. The van der Waals surface area contributed by atoms with Crippen LogP contribution in [0.5, 0.6) is 0 Å². The Morgan fingerprint density at radius 2 is 2.53 bits per heavy atom. The number of nitrogens with one attached hydrogen (secondary N) is 2. The van der Waals surface area contributed by atoms with E-state index in [4.69, 9.17) is 0 Å². The summed E-state index contributed by atoms with van der Waals surface area (Å²) in [5.74, 6) is 0. The fourth-order valence-electron chi connectivity index (χ4n) is 2.25. The number of hydrogen-bond acceptors (Lipinski definition) is 4. The first-order valence-corrected chi connectivity index (χ1v) is 7.52. The molecular weight excluding hydrogens is 230 g/mol. The van der Waals surface area contributed by atoms with E-state index in [1.807, 2.05) is 17.5 Å². The molecule has 2 N–H and O–H groups in total. The lowest BCUT2D eigenvalue weighted by molar-refractivity contribution is 0.490. The van der Waals surface area contributed by atoms with Gasteiger partial charge in [0.2, 0.25) is 0 Å². The van der Waals surface area contributed by atoms with E-state index in [-0.39, 0.29) is 0 Å². The van der Waals surface area contributed by atoms with Gasteiger partial charge in [-0.2, -0.15) is 0 Å². The molecule has 0 aromatic carbocycles. The molecule has 2 heterocycles. The first-order valence-electron chi connectivity index (χ1n) is 6.71. The predicted molar refractivity (Wildman–Crippen MR) is 73.6 cm³/mol. The molecule has 0 aliphatic carbocycles. The Morgan fingerprint density at radius 1 is 1.65 bits per heavy atom. The van der Waals surface area contributed by atoms with E-state index in [0.717, 1.165) is 19.0 Å². The monoisotopic (exact) mass is 253 g/mol. The summed E-state index contributed by atoms with van der Waals surface area (Å²) < 4.78 is 0. The highest BCUT2D eigenvalue weighted by atomic mass is 32.1. The van der Waals surface area contributed by atoms with Gasteiger partial charge in [-0.3, -0.25) is 0 Å². The highest BCUT2D eigenvalue weighted by molar-refractivity contribution is 7.11. The third-order valence-electron chi connectivity index (χ3n) is 3.40. The second-order valence-corrected chi connectivity index (χ2v) is 5.92. The Morgan fingerprint density at radius 3 is 3.18 bits per heavy atom. The molecule has 1 aromatic rings. The SMILES string of the molecule is CCc1cnc(C(C)NCCC2CCCN2)s1. The molecule has 2 atom stereocenters. The fraction of sp³-hybridized carbons (Fsp3) is 0.769. The lowest BCUT2D eigenvalue weighted by Gasteiger charge is -2.14. The zero-order valence-corrected chi connectivity index (χ0v) is 11.6. The van der Waals surface area contributed by atoms with Gasteiger partial charge in [-0.15, -0.1) is 11.3 Å². The van der Waals surface area contributed by atoms with Crippen molar-refractivity contribution in [1.82, 2.24) is 15.6 Å². The van der Waals surface area contributed by atoms with Gasteiger partial charge in [-0.05, 0) is 45.7 Å². The lowest BCUT2D eigenvalue weighted by atomic mass is 10.1. The summed E-state index contributed by atoms with van der Waals surface area (Å²) in [5.41, 5.74) is 0. The number of hydrogen-bond donors (Lipinski definition) is 2. The van der Waals surface area contributed by atoms with Gasteiger partial charge in [-0.1, -0.05) is 6.92 Å². The maximum absolute atomic E-state index is 4.48. The third-order valence-corrected chi connectivity index (χ3v) is 4.72. The van der Waals surface area contributed by atoms with Crippen LogP contribution in [-0.2, 0) is 6.42 Å². The van der Waals surface area contributed by atoms with Gasteiger partial charge in [0.15, 0.2) is 0 Å².